The van der Waals surface area contributed by atoms with E-state index in [1.54, 1.807) is 0 Å². The normalized spacial score (nSPS) is 23.6. The fourth-order valence-corrected chi connectivity index (χ4v) is 2.34. The molecule has 0 spiro atoms. The minimum absolute atomic E-state index is 0.220. The van der Waals surface area contributed by atoms with Crippen LogP contribution in [0.25, 0.3) is 0 Å². The molecular weight excluding hydrogens is 202 g/mol. The predicted octanol–water partition coefficient (Wildman–Crippen LogP) is 1.44. The number of methoxy groups -OCH3 is 1. The lowest BCUT2D eigenvalue weighted by atomic mass is 9.77. The third kappa shape index (κ3) is 2.25. The number of carbonyl (C=O) groups is 1. The first-order valence-electron chi connectivity index (χ1n) is 5.55. The third-order valence-corrected chi connectivity index (χ3v) is 3.28. The fourth-order valence-electron chi connectivity index (χ4n) is 2.34. The van der Waals surface area contributed by atoms with E-state index < -0.39 is 5.54 Å². The second kappa shape index (κ2) is 4.26. The summed E-state index contributed by atoms with van der Waals surface area (Å²) < 4.78 is 4.69. The van der Waals surface area contributed by atoms with E-state index in [0.717, 1.165) is 19.3 Å². The first-order valence-corrected chi connectivity index (χ1v) is 5.55. The molecule has 86 valence electrons. The minimum Gasteiger partial charge on any atom is -0.469 e. The van der Waals surface area contributed by atoms with Gasteiger partial charge in [-0.2, -0.15) is 0 Å². The molecule has 3 nitrogen and oxygen atoms in total. The summed E-state index contributed by atoms with van der Waals surface area (Å²) in [6, 6.07) is 8.28. The minimum atomic E-state index is -0.429. The van der Waals surface area contributed by atoms with Crippen LogP contribution in [0.5, 0.6) is 0 Å². The summed E-state index contributed by atoms with van der Waals surface area (Å²) >= 11 is 0. The summed E-state index contributed by atoms with van der Waals surface area (Å²) in [4.78, 5) is 11.3. The van der Waals surface area contributed by atoms with E-state index in [-0.39, 0.29) is 5.97 Å². The number of benzene rings is 1. The molecule has 2 rings (SSSR count). The molecule has 0 saturated heterocycles. The molecule has 1 aliphatic rings. The molecule has 1 unspecified atom stereocenters. The topological polar surface area (TPSA) is 52.3 Å². The van der Waals surface area contributed by atoms with Gasteiger partial charge in [0.15, 0.2) is 0 Å². The molecule has 0 radical (unpaired) electrons. The molecular formula is C13H17NO2. The van der Waals surface area contributed by atoms with Crippen molar-refractivity contribution in [3.8, 4) is 0 Å². The molecule has 0 bridgehead atoms. The van der Waals surface area contributed by atoms with Crippen LogP contribution in [0.2, 0.25) is 0 Å². The van der Waals surface area contributed by atoms with Crippen LogP contribution in [-0.2, 0) is 22.4 Å². The zero-order valence-electron chi connectivity index (χ0n) is 9.53. The third-order valence-electron chi connectivity index (χ3n) is 3.28. The van der Waals surface area contributed by atoms with Gasteiger partial charge in [0.05, 0.1) is 13.5 Å². The van der Waals surface area contributed by atoms with E-state index >= 15 is 0 Å². The standard InChI is InChI=1S/C13H17NO2/c1-16-12(15)9-13(14)7-6-10-4-2-3-5-11(10)8-13/h2-5H,6-9,14H2,1H3. The number of hydrogen-bond donors (Lipinski definition) is 1. The van der Waals surface area contributed by atoms with Gasteiger partial charge in [-0.25, -0.2) is 0 Å². The van der Waals surface area contributed by atoms with Crippen molar-refractivity contribution in [2.45, 2.75) is 31.2 Å². The van der Waals surface area contributed by atoms with Gasteiger partial charge < -0.3 is 10.5 Å². The van der Waals surface area contributed by atoms with Crippen LogP contribution in [-0.4, -0.2) is 18.6 Å². The van der Waals surface area contributed by atoms with Crippen molar-refractivity contribution in [2.24, 2.45) is 5.73 Å². The summed E-state index contributed by atoms with van der Waals surface area (Å²) in [6.45, 7) is 0. The summed E-state index contributed by atoms with van der Waals surface area (Å²) in [5, 5.41) is 0. The molecule has 16 heavy (non-hydrogen) atoms. The molecule has 1 aliphatic carbocycles. The molecule has 3 heteroatoms. The molecule has 1 aromatic carbocycles. The largest absolute Gasteiger partial charge is 0.469 e. The molecule has 0 heterocycles. The Labute approximate surface area is 95.6 Å². The highest BCUT2D eigenvalue weighted by molar-refractivity contribution is 5.71. The van der Waals surface area contributed by atoms with Gasteiger partial charge in [0.1, 0.15) is 0 Å². The van der Waals surface area contributed by atoms with E-state index in [0.29, 0.717) is 6.42 Å². The van der Waals surface area contributed by atoms with Gasteiger partial charge in [0.2, 0.25) is 0 Å². The first-order chi connectivity index (χ1) is 7.63. The van der Waals surface area contributed by atoms with Crippen LogP contribution in [0, 0.1) is 0 Å². The van der Waals surface area contributed by atoms with Gasteiger partial charge in [0, 0.05) is 5.54 Å². The number of ether oxygens (including phenoxy) is 1. The van der Waals surface area contributed by atoms with E-state index in [1.807, 2.05) is 12.1 Å². The monoisotopic (exact) mass is 219 g/mol. The molecule has 0 fully saturated rings. The van der Waals surface area contributed by atoms with Crippen molar-refractivity contribution in [3.05, 3.63) is 35.4 Å². The summed E-state index contributed by atoms with van der Waals surface area (Å²) in [5.41, 5.74) is 8.44. The number of hydrogen-bond acceptors (Lipinski definition) is 3. The molecule has 0 saturated carbocycles. The van der Waals surface area contributed by atoms with Gasteiger partial charge in [-0.3, -0.25) is 4.79 Å². The number of fused-ring (bicyclic) bond motifs is 1. The lowest BCUT2D eigenvalue weighted by Gasteiger charge is -2.33. The van der Waals surface area contributed by atoms with Crippen LogP contribution in [0.4, 0.5) is 0 Å². The summed E-state index contributed by atoms with van der Waals surface area (Å²) in [6.07, 6.45) is 2.86. The zero-order valence-corrected chi connectivity index (χ0v) is 9.53. The molecule has 0 aliphatic heterocycles. The van der Waals surface area contributed by atoms with Crippen molar-refractivity contribution >= 4 is 5.97 Å². The molecule has 2 N–H and O–H groups in total. The van der Waals surface area contributed by atoms with Gasteiger partial charge in [0.25, 0.3) is 0 Å². The Morgan fingerprint density at radius 3 is 2.81 bits per heavy atom. The quantitative estimate of drug-likeness (QED) is 0.766. The van der Waals surface area contributed by atoms with Crippen molar-refractivity contribution < 1.29 is 9.53 Å². The van der Waals surface area contributed by atoms with Crippen molar-refractivity contribution in [3.63, 3.8) is 0 Å². The fraction of sp³-hybridized carbons (Fsp3) is 0.462. The highest BCUT2D eigenvalue weighted by Gasteiger charge is 2.32. The number of esters is 1. The molecule has 0 amide bonds. The average molecular weight is 219 g/mol. The van der Waals surface area contributed by atoms with Gasteiger partial charge in [-0.05, 0) is 30.4 Å². The SMILES string of the molecule is COC(=O)CC1(N)CCc2ccccc2C1. The Kier molecular flexibility index (Phi) is 2.97. The van der Waals surface area contributed by atoms with Crippen LogP contribution in [0.1, 0.15) is 24.0 Å². The highest BCUT2D eigenvalue weighted by atomic mass is 16.5. The van der Waals surface area contributed by atoms with Crippen LogP contribution >= 0.6 is 0 Å². The van der Waals surface area contributed by atoms with Crippen molar-refractivity contribution in [1.29, 1.82) is 0 Å². The summed E-state index contributed by atoms with van der Waals surface area (Å²) in [5.74, 6) is -0.220. The first kappa shape index (κ1) is 11.1. The van der Waals surface area contributed by atoms with Crippen LogP contribution < -0.4 is 5.73 Å². The Morgan fingerprint density at radius 2 is 2.12 bits per heavy atom. The lowest BCUT2D eigenvalue weighted by molar-refractivity contribution is -0.142. The maximum Gasteiger partial charge on any atom is 0.307 e. The smallest absolute Gasteiger partial charge is 0.307 e. The van der Waals surface area contributed by atoms with E-state index in [9.17, 15) is 4.79 Å². The Hall–Kier alpha value is -1.35. The summed E-state index contributed by atoms with van der Waals surface area (Å²) in [7, 11) is 1.41. The van der Waals surface area contributed by atoms with Crippen molar-refractivity contribution in [2.75, 3.05) is 7.11 Å². The molecule has 1 aromatic rings. The number of nitrogens with two attached hydrogens (primary N) is 1. The molecule has 1 atom stereocenters. The molecule has 0 aromatic heterocycles. The number of rotatable bonds is 2. The van der Waals surface area contributed by atoms with Gasteiger partial charge >= 0.3 is 5.97 Å². The number of aryl methyl sites for hydroxylation is 1. The second-order valence-electron chi connectivity index (χ2n) is 4.56. The van der Waals surface area contributed by atoms with Gasteiger partial charge in [-0.15, -0.1) is 0 Å². The zero-order chi connectivity index (χ0) is 11.6. The number of carbonyl (C=O) groups excluding carboxylic acids is 1. The second-order valence-corrected chi connectivity index (χ2v) is 4.56. The maximum absolute atomic E-state index is 11.3. The Bertz CT molecular complexity index is 403. The van der Waals surface area contributed by atoms with Crippen molar-refractivity contribution in [1.82, 2.24) is 0 Å². The predicted molar refractivity (Wildman–Crippen MR) is 62.0 cm³/mol. The van der Waals surface area contributed by atoms with E-state index in [2.05, 4.69) is 16.9 Å². The average Bonchev–Trinajstić information content (AvgIpc) is 2.28. The van der Waals surface area contributed by atoms with E-state index in [1.165, 1.54) is 18.2 Å². The van der Waals surface area contributed by atoms with Crippen LogP contribution in [0.15, 0.2) is 24.3 Å². The lowest BCUT2D eigenvalue weighted by Crippen LogP contribution is -2.47. The van der Waals surface area contributed by atoms with Crippen LogP contribution in [0.3, 0.4) is 0 Å². The Balaban J connectivity index is 2.14. The Morgan fingerprint density at radius 1 is 1.44 bits per heavy atom. The van der Waals surface area contributed by atoms with E-state index in [4.69, 9.17) is 5.73 Å². The maximum atomic E-state index is 11.3. The van der Waals surface area contributed by atoms with Gasteiger partial charge in [-0.1, -0.05) is 24.3 Å². The highest BCUT2D eigenvalue weighted by Crippen LogP contribution is 2.29.